The molecule has 1 aliphatic carbocycles. The number of sulfonamides is 1. The molecule has 2 fully saturated rings. The second-order valence-electron chi connectivity index (χ2n) is 6.95. The summed E-state index contributed by atoms with van der Waals surface area (Å²) < 4.78 is 33.1. The Bertz CT molecular complexity index is 668. The first-order valence-electron chi connectivity index (χ1n) is 8.28. The lowest BCUT2D eigenvalue weighted by Gasteiger charge is -2.21. The van der Waals surface area contributed by atoms with Crippen LogP contribution >= 0.6 is 0 Å². The molecule has 2 aliphatic rings. The van der Waals surface area contributed by atoms with Gasteiger partial charge in [0.2, 0.25) is 10.0 Å². The molecule has 0 spiro atoms. The van der Waals surface area contributed by atoms with Gasteiger partial charge in [0, 0.05) is 19.1 Å². The number of likely N-dealkylation sites (N-methyl/N-ethyl adjacent to an activating group) is 1. The minimum Gasteiger partial charge on any atom is -0.493 e. The van der Waals surface area contributed by atoms with Gasteiger partial charge >= 0.3 is 0 Å². The van der Waals surface area contributed by atoms with Crippen molar-refractivity contribution in [1.29, 1.82) is 0 Å². The standard InChI is InChI=1S/C17H26N2O3S/c1-13-10-16(22-12-14-4-5-14)6-7-17(13)23(20,21)19-9-8-15(11-19)18(2)3/h6-7,10,14-15H,4-5,8-9,11-12H2,1-3H3. The van der Waals surface area contributed by atoms with Crippen LogP contribution in [0.4, 0.5) is 0 Å². The fraction of sp³-hybridized carbons (Fsp3) is 0.647. The normalized spacial score (nSPS) is 22.7. The lowest BCUT2D eigenvalue weighted by molar-refractivity contribution is 0.299. The van der Waals surface area contributed by atoms with Crippen LogP contribution in [0.15, 0.2) is 23.1 Å². The summed E-state index contributed by atoms with van der Waals surface area (Å²) >= 11 is 0. The molecular weight excluding hydrogens is 312 g/mol. The van der Waals surface area contributed by atoms with Crippen LogP contribution in [0.2, 0.25) is 0 Å². The van der Waals surface area contributed by atoms with E-state index in [2.05, 4.69) is 4.90 Å². The summed E-state index contributed by atoms with van der Waals surface area (Å²) in [5.74, 6) is 1.45. The van der Waals surface area contributed by atoms with Gasteiger partial charge in [0.1, 0.15) is 5.75 Å². The van der Waals surface area contributed by atoms with Gasteiger partial charge in [0.05, 0.1) is 11.5 Å². The van der Waals surface area contributed by atoms with Crippen molar-refractivity contribution >= 4 is 10.0 Å². The first kappa shape index (κ1) is 16.7. The summed E-state index contributed by atoms with van der Waals surface area (Å²) in [6.45, 7) is 3.73. The highest BCUT2D eigenvalue weighted by Gasteiger charge is 2.34. The van der Waals surface area contributed by atoms with Crippen LogP contribution in [-0.4, -0.2) is 57.5 Å². The average Bonchev–Trinajstić information content (AvgIpc) is 3.17. The Morgan fingerprint density at radius 1 is 1.26 bits per heavy atom. The van der Waals surface area contributed by atoms with Gasteiger partial charge in [0.25, 0.3) is 0 Å². The second kappa shape index (κ2) is 6.42. The van der Waals surface area contributed by atoms with Gasteiger partial charge < -0.3 is 9.64 Å². The van der Waals surface area contributed by atoms with Crippen LogP contribution in [0.5, 0.6) is 5.75 Å². The molecule has 0 amide bonds. The maximum atomic E-state index is 12.9. The van der Waals surface area contributed by atoms with Gasteiger partial charge in [-0.2, -0.15) is 4.31 Å². The Hall–Kier alpha value is -1.11. The van der Waals surface area contributed by atoms with Crippen LogP contribution in [-0.2, 0) is 10.0 Å². The van der Waals surface area contributed by atoms with Crippen molar-refractivity contribution in [2.45, 2.75) is 37.1 Å². The number of nitrogens with zero attached hydrogens (tertiary/aromatic N) is 2. The molecule has 1 heterocycles. The van der Waals surface area contributed by atoms with Crippen LogP contribution in [0, 0.1) is 12.8 Å². The second-order valence-corrected chi connectivity index (χ2v) is 8.86. The van der Waals surface area contributed by atoms with Gasteiger partial charge in [-0.15, -0.1) is 0 Å². The molecule has 1 saturated heterocycles. The van der Waals surface area contributed by atoms with Crippen molar-refractivity contribution in [2.75, 3.05) is 33.8 Å². The molecule has 1 unspecified atom stereocenters. The molecule has 0 radical (unpaired) electrons. The molecule has 1 aromatic rings. The van der Waals surface area contributed by atoms with Gasteiger partial charge in [-0.25, -0.2) is 8.42 Å². The first-order chi connectivity index (χ1) is 10.9. The van der Waals surface area contributed by atoms with E-state index in [9.17, 15) is 8.42 Å². The summed E-state index contributed by atoms with van der Waals surface area (Å²) in [5.41, 5.74) is 0.756. The third-order valence-electron chi connectivity index (χ3n) is 4.80. The van der Waals surface area contributed by atoms with Crippen LogP contribution in [0.3, 0.4) is 0 Å². The van der Waals surface area contributed by atoms with E-state index in [-0.39, 0.29) is 0 Å². The van der Waals surface area contributed by atoms with Gasteiger partial charge in [0.15, 0.2) is 0 Å². The van der Waals surface area contributed by atoms with E-state index in [4.69, 9.17) is 4.74 Å². The number of rotatable bonds is 6. The van der Waals surface area contributed by atoms with Crippen molar-refractivity contribution < 1.29 is 13.2 Å². The van der Waals surface area contributed by atoms with Crippen molar-refractivity contribution in [2.24, 2.45) is 5.92 Å². The highest BCUT2D eigenvalue weighted by atomic mass is 32.2. The SMILES string of the molecule is Cc1cc(OCC2CC2)ccc1S(=O)(=O)N1CCC(N(C)C)C1. The molecule has 23 heavy (non-hydrogen) atoms. The van der Waals surface area contributed by atoms with E-state index in [0.717, 1.165) is 24.3 Å². The Morgan fingerprint density at radius 3 is 2.57 bits per heavy atom. The first-order valence-corrected chi connectivity index (χ1v) is 9.72. The van der Waals surface area contributed by atoms with Crippen molar-refractivity contribution in [3.8, 4) is 5.75 Å². The Balaban J connectivity index is 1.74. The predicted octanol–water partition coefficient (Wildman–Crippen LogP) is 2.11. The minimum atomic E-state index is -3.42. The average molecular weight is 338 g/mol. The summed E-state index contributed by atoms with van der Waals surface area (Å²) in [6, 6.07) is 5.61. The maximum Gasteiger partial charge on any atom is 0.243 e. The fourth-order valence-electron chi connectivity index (χ4n) is 2.99. The number of ether oxygens (including phenoxy) is 1. The largest absolute Gasteiger partial charge is 0.493 e. The van der Waals surface area contributed by atoms with E-state index in [0.29, 0.717) is 29.9 Å². The molecule has 6 heteroatoms. The Labute approximate surface area is 139 Å². The summed E-state index contributed by atoms with van der Waals surface area (Å²) in [4.78, 5) is 2.49. The quantitative estimate of drug-likeness (QED) is 0.797. The van der Waals surface area contributed by atoms with E-state index < -0.39 is 10.0 Å². The molecule has 0 N–H and O–H groups in total. The summed E-state index contributed by atoms with van der Waals surface area (Å²) in [7, 11) is 0.576. The van der Waals surface area contributed by atoms with Crippen LogP contribution in [0.25, 0.3) is 0 Å². The minimum absolute atomic E-state index is 0.297. The van der Waals surface area contributed by atoms with E-state index in [1.807, 2.05) is 27.1 Å². The topological polar surface area (TPSA) is 49.9 Å². The highest BCUT2D eigenvalue weighted by molar-refractivity contribution is 7.89. The lowest BCUT2D eigenvalue weighted by atomic mass is 10.2. The third-order valence-corrected chi connectivity index (χ3v) is 6.83. The van der Waals surface area contributed by atoms with Crippen molar-refractivity contribution in [3.05, 3.63) is 23.8 Å². The molecule has 1 aliphatic heterocycles. The zero-order chi connectivity index (χ0) is 16.6. The third kappa shape index (κ3) is 3.70. The smallest absolute Gasteiger partial charge is 0.243 e. The van der Waals surface area contributed by atoms with Crippen LogP contribution in [0.1, 0.15) is 24.8 Å². The summed E-state index contributed by atoms with van der Waals surface area (Å²) in [5, 5.41) is 0. The number of aryl methyl sites for hydroxylation is 1. The van der Waals surface area contributed by atoms with E-state index in [1.165, 1.54) is 12.8 Å². The van der Waals surface area contributed by atoms with Crippen molar-refractivity contribution in [3.63, 3.8) is 0 Å². The molecule has 1 atom stereocenters. The van der Waals surface area contributed by atoms with E-state index >= 15 is 0 Å². The molecule has 1 saturated carbocycles. The van der Waals surface area contributed by atoms with Crippen LogP contribution < -0.4 is 4.74 Å². The van der Waals surface area contributed by atoms with Gasteiger partial charge in [-0.1, -0.05) is 0 Å². The number of hydrogen-bond acceptors (Lipinski definition) is 4. The lowest BCUT2D eigenvalue weighted by Crippen LogP contribution is -2.34. The zero-order valence-electron chi connectivity index (χ0n) is 14.2. The maximum absolute atomic E-state index is 12.9. The van der Waals surface area contributed by atoms with Gasteiger partial charge in [-0.05, 0) is 70.0 Å². The molecule has 128 valence electrons. The highest BCUT2D eigenvalue weighted by Crippen LogP contribution is 2.31. The Kier molecular flexibility index (Phi) is 4.67. The number of hydrogen-bond donors (Lipinski definition) is 0. The van der Waals surface area contributed by atoms with Gasteiger partial charge in [-0.3, -0.25) is 0 Å². The number of benzene rings is 1. The van der Waals surface area contributed by atoms with E-state index in [1.54, 1.807) is 16.4 Å². The Morgan fingerprint density at radius 2 is 2.00 bits per heavy atom. The molecule has 5 nitrogen and oxygen atoms in total. The predicted molar refractivity (Wildman–Crippen MR) is 90.2 cm³/mol. The zero-order valence-corrected chi connectivity index (χ0v) is 15.0. The molecule has 3 rings (SSSR count). The fourth-order valence-corrected chi connectivity index (χ4v) is 4.69. The molecule has 1 aromatic carbocycles. The molecular formula is C17H26N2O3S. The van der Waals surface area contributed by atoms with Crippen molar-refractivity contribution in [1.82, 2.24) is 9.21 Å². The summed E-state index contributed by atoms with van der Waals surface area (Å²) in [6.07, 6.45) is 3.37. The molecule has 0 aromatic heterocycles. The molecule has 0 bridgehead atoms. The monoisotopic (exact) mass is 338 g/mol.